The Morgan fingerprint density at radius 3 is 0.857 bits per heavy atom. The number of halogens is 10. The van der Waals surface area contributed by atoms with Crippen molar-refractivity contribution in [2.75, 3.05) is 0 Å². The van der Waals surface area contributed by atoms with Crippen molar-refractivity contribution in [2.45, 2.75) is 21.7 Å². The van der Waals surface area contributed by atoms with Gasteiger partial charge < -0.3 is 10.2 Å². The van der Waals surface area contributed by atoms with Crippen LogP contribution in [0.1, 0.15) is 0 Å². The zero-order valence-electron chi connectivity index (χ0n) is 8.99. The number of aliphatic carboxylic acids is 2. The topological polar surface area (TPSA) is 74.6 Å². The van der Waals surface area contributed by atoms with Crippen LogP contribution in [0.3, 0.4) is 0 Å². The molecule has 2 N–H and O–H groups in total. The molecule has 0 aliphatic heterocycles. The molecule has 0 aromatic heterocycles. The Balaban J connectivity index is 6.21. The molecule has 0 saturated heterocycles. The molecule has 0 heterocycles. The van der Waals surface area contributed by atoms with Crippen LogP contribution in [0.25, 0.3) is 0 Å². The van der Waals surface area contributed by atoms with Crippen LogP contribution in [-0.4, -0.2) is 43.8 Å². The van der Waals surface area contributed by atoms with Gasteiger partial charge in [0.05, 0.1) is 0 Å². The fourth-order valence-electron chi connectivity index (χ4n) is 0.860. The SMILES string of the molecule is O=C(O)C(Cl)(Cl)C(Cl)(Cl)C(Cl)(Cl)C(Cl)(Cl)C(Cl)(Cl)C(=O)O. The Bertz CT molecular complexity index is 416. The number of alkyl halides is 10. The Morgan fingerprint density at radius 2 is 0.714 bits per heavy atom. The molecule has 0 spiro atoms. The Kier molecular flexibility index (Phi) is 7.20. The summed E-state index contributed by atoms with van der Waals surface area (Å²) in [5.41, 5.74) is 0. The molecule has 0 rings (SSSR count). The van der Waals surface area contributed by atoms with Gasteiger partial charge in [-0.05, 0) is 0 Å². The molecular weight excluding hydrogens is 503 g/mol. The lowest BCUT2D eigenvalue weighted by molar-refractivity contribution is -0.138. The highest BCUT2D eigenvalue weighted by Crippen LogP contribution is 2.65. The van der Waals surface area contributed by atoms with Crippen LogP contribution in [0.2, 0.25) is 0 Å². The lowest BCUT2D eigenvalue weighted by atomic mass is 10.1. The number of carbonyl (C=O) groups is 2. The quantitative estimate of drug-likeness (QED) is 0.498. The average molecular weight is 505 g/mol. The molecule has 14 heteroatoms. The fraction of sp³-hybridized carbons (Fsp3) is 0.714. The molecule has 4 nitrogen and oxygen atoms in total. The summed E-state index contributed by atoms with van der Waals surface area (Å²) in [5.74, 6) is -3.95. The first-order valence-corrected chi connectivity index (χ1v) is 8.02. The molecule has 0 amide bonds. The Labute approximate surface area is 168 Å². The van der Waals surface area contributed by atoms with Crippen molar-refractivity contribution < 1.29 is 19.8 Å². The van der Waals surface area contributed by atoms with Crippen LogP contribution < -0.4 is 0 Å². The lowest BCUT2D eigenvalue weighted by Crippen LogP contribution is -2.66. The van der Waals surface area contributed by atoms with E-state index in [2.05, 4.69) is 0 Å². The lowest BCUT2D eigenvalue weighted by Gasteiger charge is -2.46. The van der Waals surface area contributed by atoms with Gasteiger partial charge in [0, 0.05) is 0 Å². The fourth-order valence-corrected chi connectivity index (χ4v) is 3.46. The zero-order chi connectivity index (χ0) is 17.7. The van der Waals surface area contributed by atoms with Gasteiger partial charge in [0.15, 0.2) is 13.0 Å². The van der Waals surface area contributed by atoms with E-state index in [0.29, 0.717) is 0 Å². The van der Waals surface area contributed by atoms with E-state index in [1.165, 1.54) is 0 Å². The van der Waals surface area contributed by atoms with E-state index in [4.69, 9.17) is 126 Å². The highest BCUT2D eigenvalue weighted by atomic mass is 35.6. The Morgan fingerprint density at radius 1 is 0.524 bits per heavy atom. The van der Waals surface area contributed by atoms with Gasteiger partial charge in [-0.2, -0.15) is 0 Å². The first-order chi connectivity index (χ1) is 8.89. The zero-order valence-corrected chi connectivity index (χ0v) is 16.5. The van der Waals surface area contributed by atoms with Crippen LogP contribution in [0, 0.1) is 0 Å². The van der Waals surface area contributed by atoms with Crippen LogP contribution in [0.15, 0.2) is 0 Å². The average Bonchev–Trinajstić information content (AvgIpc) is 2.27. The third-order valence-corrected chi connectivity index (χ3v) is 8.84. The molecule has 0 aromatic carbocycles. The minimum atomic E-state index is -3.06. The predicted octanol–water partition coefficient (Wildman–Crippen LogP) is 5.03. The minimum Gasteiger partial charge on any atom is -0.479 e. The Hall–Kier alpha value is 1.84. The summed E-state index contributed by atoms with van der Waals surface area (Å²) in [6.07, 6.45) is 0. The van der Waals surface area contributed by atoms with E-state index in [-0.39, 0.29) is 0 Å². The number of hydrogen-bond donors (Lipinski definition) is 2. The highest BCUT2D eigenvalue weighted by Gasteiger charge is 2.76. The molecule has 0 aliphatic rings. The van der Waals surface area contributed by atoms with Gasteiger partial charge in [0.25, 0.3) is 0 Å². The molecule has 0 radical (unpaired) electrons. The van der Waals surface area contributed by atoms with Gasteiger partial charge in [0.1, 0.15) is 0 Å². The van der Waals surface area contributed by atoms with E-state index >= 15 is 0 Å². The number of carboxylic acids is 2. The van der Waals surface area contributed by atoms with Crippen LogP contribution in [-0.2, 0) is 9.59 Å². The number of hydrogen-bond acceptors (Lipinski definition) is 2. The molecule has 0 bridgehead atoms. The largest absolute Gasteiger partial charge is 0.479 e. The minimum absolute atomic E-state index is 1.98. The molecule has 21 heavy (non-hydrogen) atoms. The van der Waals surface area contributed by atoms with Crippen LogP contribution in [0.5, 0.6) is 0 Å². The summed E-state index contributed by atoms with van der Waals surface area (Å²) in [4.78, 5) is 22.0. The summed E-state index contributed by atoms with van der Waals surface area (Å²) in [6.45, 7) is 0. The van der Waals surface area contributed by atoms with Gasteiger partial charge in [0.2, 0.25) is 8.67 Å². The van der Waals surface area contributed by atoms with Crippen LogP contribution in [0.4, 0.5) is 0 Å². The third-order valence-electron chi connectivity index (χ3n) is 2.11. The van der Waals surface area contributed by atoms with E-state index in [1.54, 1.807) is 0 Å². The second-order valence-electron chi connectivity index (χ2n) is 3.48. The summed E-state index contributed by atoms with van der Waals surface area (Å²) in [7, 11) is 0. The van der Waals surface area contributed by atoms with Gasteiger partial charge in [-0.25, -0.2) is 9.59 Å². The highest BCUT2D eigenvalue weighted by molar-refractivity contribution is 6.79. The summed E-state index contributed by atoms with van der Waals surface area (Å²) >= 11 is 56.1. The summed E-state index contributed by atoms with van der Waals surface area (Å²) in [5, 5.41) is 17.8. The van der Waals surface area contributed by atoms with Crippen molar-refractivity contribution >= 4 is 128 Å². The van der Waals surface area contributed by atoms with Crippen molar-refractivity contribution in [3.63, 3.8) is 0 Å². The number of carboxylic acid groups (broad SMARTS) is 2. The van der Waals surface area contributed by atoms with Crippen molar-refractivity contribution in [3.8, 4) is 0 Å². The molecule has 124 valence electrons. The molecule has 0 saturated carbocycles. The van der Waals surface area contributed by atoms with Gasteiger partial charge >= 0.3 is 11.9 Å². The molecular formula is C7H2Cl10O4. The first kappa shape index (κ1) is 22.8. The molecule has 0 aliphatic carbocycles. The van der Waals surface area contributed by atoms with Gasteiger partial charge in [-0.3, -0.25) is 0 Å². The van der Waals surface area contributed by atoms with Crippen molar-refractivity contribution in [2.24, 2.45) is 0 Å². The molecule has 0 unspecified atom stereocenters. The maximum atomic E-state index is 11.0. The summed E-state index contributed by atoms with van der Waals surface area (Å²) < 4.78 is -15.3. The van der Waals surface area contributed by atoms with Crippen LogP contribution >= 0.6 is 116 Å². The first-order valence-electron chi connectivity index (χ1n) is 4.25. The monoisotopic (exact) mass is 500 g/mol. The van der Waals surface area contributed by atoms with Gasteiger partial charge in [-0.15, -0.1) is 0 Å². The third kappa shape index (κ3) is 3.46. The maximum Gasteiger partial charge on any atom is 0.343 e. The second kappa shape index (κ2) is 6.62. The molecule has 0 fully saturated rings. The molecule has 0 aromatic rings. The van der Waals surface area contributed by atoms with Crippen molar-refractivity contribution in [1.29, 1.82) is 0 Å². The van der Waals surface area contributed by atoms with E-state index in [0.717, 1.165) is 0 Å². The van der Waals surface area contributed by atoms with E-state index < -0.39 is 33.6 Å². The smallest absolute Gasteiger partial charge is 0.343 e. The number of rotatable bonds is 6. The standard InChI is InChI=1S/C7H2Cl10O4/c8-3(9,1(18)19)5(12,13)7(16,17)6(14,15)4(10,11)2(20)21/h(H,18,19)(H,20,21). The van der Waals surface area contributed by atoms with Crippen molar-refractivity contribution in [3.05, 3.63) is 0 Å². The van der Waals surface area contributed by atoms with Gasteiger partial charge in [-0.1, -0.05) is 116 Å². The molecule has 0 atom stereocenters. The second-order valence-corrected chi connectivity index (χ2v) is 10.1. The van der Waals surface area contributed by atoms with E-state index in [9.17, 15) is 9.59 Å². The maximum absolute atomic E-state index is 11.0. The van der Waals surface area contributed by atoms with Crippen molar-refractivity contribution in [1.82, 2.24) is 0 Å². The summed E-state index contributed by atoms with van der Waals surface area (Å²) in [6, 6.07) is 0. The van der Waals surface area contributed by atoms with E-state index in [1.807, 2.05) is 0 Å². The normalized spacial score (nSPS) is 15.0. The predicted molar refractivity (Wildman–Crippen MR) is 87.5 cm³/mol.